The maximum absolute atomic E-state index is 12.0. The van der Waals surface area contributed by atoms with Gasteiger partial charge < -0.3 is 4.90 Å². The van der Waals surface area contributed by atoms with Gasteiger partial charge >= 0.3 is 0 Å². The van der Waals surface area contributed by atoms with Crippen LogP contribution in [0.4, 0.5) is 0 Å². The molecule has 0 aromatic heterocycles. The number of likely N-dealkylation sites (tertiary alicyclic amines) is 1. The molecule has 3 heteroatoms. The summed E-state index contributed by atoms with van der Waals surface area (Å²) in [7, 11) is 0. The monoisotopic (exact) mass is 275 g/mol. The molecule has 0 aliphatic carbocycles. The van der Waals surface area contributed by atoms with Crippen molar-refractivity contribution in [1.29, 1.82) is 0 Å². The predicted octanol–water partition coefficient (Wildman–Crippen LogP) is 2.11. The second-order valence-corrected chi connectivity index (χ2v) is 4.89. The lowest BCUT2D eigenvalue weighted by Crippen LogP contribution is -2.50. The van der Waals surface area contributed by atoms with Crippen molar-refractivity contribution >= 4 is 11.7 Å². The average molecular weight is 275 g/mol. The van der Waals surface area contributed by atoms with Gasteiger partial charge in [-0.05, 0) is 36.4 Å². The summed E-state index contributed by atoms with van der Waals surface area (Å²) in [6, 6.07) is 16.9. The zero-order chi connectivity index (χ0) is 14.7. The first-order valence-electron chi connectivity index (χ1n) is 6.70. The highest BCUT2D eigenvalue weighted by Gasteiger charge is 2.28. The van der Waals surface area contributed by atoms with Crippen molar-refractivity contribution < 1.29 is 9.59 Å². The number of Topliss-reactive ketones (excluding diaryl/α,β-unsaturated/α-hetero) is 1. The molecule has 0 radical (unpaired) electrons. The molecule has 3 nitrogen and oxygen atoms in total. The van der Waals surface area contributed by atoms with Crippen LogP contribution in [0.1, 0.15) is 21.5 Å². The van der Waals surface area contributed by atoms with Gasteiger partial charge in [-0.3, -0.25) is 9.59 Å². The normalized spacial score (nSPS) is 13.1. The first-order chi connectivity index (χ1) is 10.2. The number of hydrogen-bond acceptors (Lipinski definition) is 2. The first kappa shape index (κ1) is 13.1. The summed E-state index contributed by atoms with van der Waals surface area (Å²) in [5, 5.41) is 0. The molecule has 2 aromatic rings. The van der Waals surface area contributed by atoms with Crippen LogP contribution in [0.5, 0.6) is 0 Å². The van der Waals surface area contributed by atoms with E-state index in [1.807, 2.05) is 42.5 Å². The molecule has 0 saturated carbocycles. The van der Waals surface area contributed by atoms with Gasteiger partial charge in [0.25, 0.3) is 5.91 Å². The molecule has 102 valence electrons. The number of benzene rings is 2. The molecule has 2 aromatic carbocycles. The summed E-state index contributed by atoms with van der Waals surface area (Å²) < 4.78 is 0. The Morgan fingerprint density at radius 3 is 2.00 bits per heavy atom. The Bertz CT molecular complexity index is 728. The molecule has 1 fully saturated rings. The fraction of sp³-hybridized carbons (Fsp3) is 0.111. The number of carbonyl (C=O) groups is 2. The van der Waals surface area contributed by atoms with Gasteiger partial charge in [-0.2, -0.15) is 0 Å². The van der Waals surface area contributed by atoms with Crippen LogP contribution in [0.25, 0.3) is 0 Å². The quantitative estimate of drug-likeness (QED) is 0.748. The van der Waals surface area contributed by atoms with E-state index >= 15 is 0 Å². The van der Waals surface area contributed by atoms with Crippen LogP contribution >= 0.6 is 0 Å². The van der Waals surface area contributed by atoms with Gasteiger partial charge in [0, 0.05) is 16.7 Å². The van der Waals surface area contributed by atoms with E-state index in [0.717, 1.165) is 11.1 Å². The van der Waals surface area contributed by atoms with Crippen molar-refractivity contribution in [3.05, 3.63) is 71.3 Å². The first-order valence-corrected chi connectivity index (χ1v) is 6.70. The molecule has 1 saturated heterocycles. The number of hydrogen-bond donors (Lipinski definition) is 0. The van der Waals surface area contributed by atoms with Crippen LogP contribution in [-0.2, 0) is 4.79 Å². The SMILES string of the molecule is O=C1CN(C(=O)c2ccc(C#Cc3ccccc3)cc2)C1. The molecule has 0 bridgehead atoms. The van der Waals surface area contributed by atoms with Crippen LogP contribution in [0, 0.1) is 11.8 Å². The van der Waals surface area contributed by atoms with E-state index in [9.17, 15) is 9.59 Å². The Kier molecular flexibility index (Phi) is 3.53. The van der Waals surface area contributed by atoms with Gasteiger partial charge in [-0.15, -0.1) is 0 Å². The van der Waals surface area contributed by atoms with Crippen LogP contribution in [0.15, 0.2) is 54.6 Å². The third-order valence-electron chi connectivity index (χ3n) is 3.28. The van der Waals surface area contributed by atoms with E-state index in [0.29, 0.717) is 5.56 Å². The summed E-state index contributed by atoms with van der Waals surface area (Å²) >= 11 is 0. The lowest BCUT2D eigenvalue weighted by molar-refractivity contribution is -0.127. The van der Waals surface area contributed by atoms with Crippen LogP contribution in [0.3, 0.4) is 0 Å². The van der Waals surface area contributed by atoms with Crippen molar-refractivity contribution in [2.24, 2.45) is 0 Å². The second-order valence-electron chi connectivity index (χ2n) is 4.89. The molecule has 0 atom stereocenters. The van der Waals surface area contributed by atoms with E-state index in [1.54, 1.807) is 12.1 Å². The summed E-state index contributed by atoms with van der Waals surface area (Å²) in [4.78, 5) is 24.4. The Hall–Kier alpha value is -2.86. The fourth-order valence-corrected chi connectivity index (χ4v) is 2.07. The molecule has 0 unspecified atom stereocenters. The molecule has 21 heavy (non-hydrogen) atoms. The minimum atomic E-state index is -0.0998. The molecule has 1 aliphatic heterocycles. The highest BCUT2D eigenvalue weighted by Crippen LogP contribution is 2.11. The lowest BCUT2D eigenvalue weighted by Gasteiger charge is -2.29. The van der Waals surface area contributed by atoms with Gasteiger partial charge in [0.2, 0.25) is 0 Å². The van der Waals surface area contributed by atoms with E-state index in [1.165, 1.54) is 4.90 Å². The van der Waals surface area contributed by atoms with Gasteiger partial charge in [0.05, 0.1) is 13.1 Å². The molecule has 1 amide bonds. The van der Waals surface area contributed by atoms with E-state index < -0.39 is 0 Å². The molecule has 1 aliphatic rings. The molecule has 0 spiro atoms. The number of carbonyl (C=O) groups excluding carboxylic acids is 2. The minimum absolute atomic E-state index is 0.0998. The van der Waals surface area contributed by atoms with E-state index in [-0.39, 0.29) is 24.8 Å². The molecule has 3 rings (SSSR count). The third-order valence-corrected chi connectivity index (χ3v) is 3.28. The van der Waals surface area contributed by atoms with Crippen LogP contribution < -0.4 is 0 Å². The second kappa shape index (κ2) is 5.64. The maximum atomic E-state index is 12.0. The molecular weight excluding hydrogens is 262 g/mol. The third kappa shape index (κ3) is 3.01. The molecular formula is C18H13NO2. The predicted molar refractivity (Wildman–Crippen MR) is 79.8 cm³/mol. The zero-order valence-corrected chi connectivity index (χ0v) is 11.4. The Balaban J connectivity index is 1.71. The summed E-state index contributed by atoms with van der Waals surface area (Å²) in [6.07, 6.45) is 0. The summed E-state index contributed by atoms with van der Waals surface area (Å²) in [5.41, 5.74) is 2.40. The number of ketones is 1. The molecule has 0 N–H and O–H groups in total. The average Bonchev–Trinajstić information content (AvgIpc) is 2.51. The standard InChI is InChI=1S/C18H13NO2/c20-17-12-19(13-17)18(21)16-10-8-15(9-11-16)7-6-14-4-2-1-3-5-14/h1-5,8-11H,12-13H2. The highest BCUT2D eigenvalue weighted by molar-refractivity contribution is 6.03. The van der Waals surface area contributed by atoms with Gasteiger partial charge in [-0.1, -0.05) is 30.0 Å². The maximum Gasteiger partial charge on any atom is 0.254 e. The highest BCUT2D eigenvalue weighted by atomic mass is 16.2. The number of rotatable bonds is 1. The Morgan fingerprint density at radius 1 is 0.857 bits per heavy atom. The topological polar surface area (TPSA) is 37.4 Å². The summed E-state index contributed by atoms with van der Waals surface area (Å²) in [6.45, 7) is 0.461. The number of amides is 1. The fourth-order valence-electron chi connectivity index (χ4n) is 2.07. The summed E-state index contributed by atoms with van der Waals surface area (Å²) in [5.74, 6) is 6.14. The van der Waals surface area contributed by atoms with E-state index in [2.05, 4.69) is 11.8 Å². The van der Waals surface area contributed by atoms with Crippen molar-refractivity contribution in [1.82, 2.24) is 4.90 Å². The minimum Gasteiger partial charge on any atom is -0.324 e. The van der Waals surface area contributed by atoms with Gasteiger partial charge in [0.15, 0.2) is 5.78 Å². The Morgan fingerprint density at radius 2 is 1.43 bits per heavy atom. The van der Waals surface area contributed by atoms with Crippen molar-refractivity contribution in [3.8, 4) is 11.8 Å². The number of nitrogens with zero attached hydrogens (tertiary/aromatic N) is 1. The van der Waals surface area contributed by atoms with Gasteiger partial charge in [0.1, 0.15) is 0 Å². The van der Waals surface area contributed by atoms with Crippen LogP contribution in [-0.4, -0.2) is 29.7 Å². The zero-order valence-electron chi connectivity index (χ0n) is 11.4. The van der Waals surface area contributed by atoms with Crippen molar-refractivity contribution in [3.63, 3.8) is 0 Å². The van der Waals surface area contributed by atoms with Crippen LogP contribution in [0.2, 0.25) is 0 Å². The largest absolute Gasteiger partial charge is 0.324 e. The van der Waals surface area contributed by atoms with Crippen molar-refractivity contribution in [2.45, 2.75) is 0 Å². The van der Waals surface area contributed by atoms with Gasteiger partial charge in [-0.25, -0.2) is 0 Å². The van der Waals surface area contributed by atoms with Crippen molar-refractivity contribution in [2.75, 3.05) is 13.1 Å². The molecule has 1 heterocycles. The smallest absolute Gasteiger partial charge is 0.254 e. The lowest BCUT2D eigenvalue weighted by atomic mass is 10.1. The Labute approximate surface area is 123 Å². The van der Waals surface area contributed by atoms with E-state index in [4.69, 9.17) is 0 Å².